The molecule has 88 valence electrons. The zero-order valence-corrected chi connectivity index (χ0v) is 11.3. The Labute approximate surface area is 107 Å². The standard InChI is InChI=1S/C11H14BrNO2S/c12-10-4-9(7-16-10)11(15)13-3-1-2-8(5-13)6-14/h4,7-8,14H,1-3,5-6H2. The van der Waals surface area contributed by atoms with Gasteiger partial charge in [-0.05, 0) is 40.8 Å². The second kappa shape index (κ2) is 5.29. The third-order valence-corrected chi connectivity index (χ3v) is 4.38. The Hall–Kier alpha value is -0.390. The van der Waals surface area contributed by atoms with Gasteiger partial charge in [0.2, 0.25) is 0 Å². The first-order valence-corrected chi connectivity index (χ1v) is 7.02. The highest BCUT2D eigenvalue weighted by atomic mass is 79.9. The summed E-state index contributed by atoms with van der Waals surface area (Å²) in [4.78, 5) is 14.0. The average molecular weight is 304 g/mol. The molecule has 1 amide bonds. The van der Waals surface area contributed by atoms with Gasteiger partial charge in [0.25, 0.3) is 5.91 Å². The molecule has 0 saturated carbocycles. The van der Waals surface area contributed by atoms with E-state index in [-0.39, 0.29) is 18.4 Å². The molecule has 0 aromatic carbocycles. The van der Waals surface area contributed by atoms with Crippen molar-refractivity contribution in [3.05, 3.63) is 20.8 Å². The van der Waals surface area contributed by atoms with Crippen LogP contribution in [0.1, 0.15) is 23.2 Å². The van der Waals surface area contributed by atoms with Crippen molar-refractivity contribution >= 4 is 33.2 Å². The van der Waals surface area contributed by atoms with E-state index in [2.05, 4.69) is 15.9 Å². The Bertz CT molecular complexity index is 380. The van der Waals surface area contributed by atoms with Crippen molar-refractivity contribution in [3.8, 4) is 0 Å². The lowest BCUT2D eigenvalue weighted by Crippen LogP contribution is -2.40. The summed E-state index contributed by atoms with van der Waals surface area (Å²) in [7, 11) is 0. The molecule has 2 rings (SSSR count). The number of hydrogen-bond donors (Lipinski definition) is 1. The van der Waals surface area contributed by atoms with Gasteiger partial charge in [-0.2, -0.15) is 0 Å². The molecule has 1 saturated heterocycles. The van der Waals surface area contributed by atoms with Crippen LogP contribution in [-0.2, 0) is 0 Å². The first kappa shape index (κ1) is 12.1. The van der Waals surface area contributed by atoms with Crippen molar-refractivity contribution in [2.24, 2.45) is 5.92 Å². The van der Waals surface area contributed by atoms with E-state index < -0.39 is 0 Å². The molecule has 3 nitrogen and oxygen atoms in total. The predicted molar refractivity (Wildman–Crippen MR) is 67.7 cm³/mol. The molecule has 1 fully saturated rings. The van der Waals surface area contributed by atoms with Crippen molar-refractivity contribution in [3.63, 3.8) is 0 Å². The molecule has 1 unspecified atom stereocenters. The van der Waals surface area contributed by atoms with Gasteiger partial charge in [0.05, 0.1) is 9.35 Å². The van der Waals surface area contributed by atoms with Crippen LogP contribution in [0, 0.1) is 5.92 Å². The molecule has 0 aliphatic carbocycles. The summed E-state index contributed by atoms with van der Waals surface area (Å²) in [6, 6.07) is 1.86. The van der Waals surface area contributed by atoms with E-state index in [0.717, 1.165) is 28.7 Å². The number of thiophene rings is 1. The Morgan fingerprint density at radius 2 is 2.50 bits per heavy atom. The number of amides is 1. The molecule has 1 aromatic heterocycles. The molecule has 0 radical (unpaired) electrons. The molecule has 1 atom stereocenters. The quantitative estimate of drug-likeness (QED) is 0.911. The molecule has 0 spiro atoms. The summed E-state index contributed by atoms with van der Waals surface area (Å²) >= 11 is 4.88. The highest BCUT2D eigenvalue weighted by molar-refractivity contribution is 9.11. The molecule has 0 bridgehead atoms. The van der Waals surface area contributed by atoms with Gasteiger partial charge in [0, 0.05) is 25.1 Å². The van der Waals surface area contributed by atoms with Crippen molar-refractivity contribution in [1.82, 2.24) is 4.90 Å². The van der Waals surface area contributed by atoms with Crippen molar-refractivity contribution in [2.45, 2.75) is 12.8 Å². The molecular weight excluding hydrogens is 290 g/mol. The van der Waals surface area contributed by atoms with E-state index in [1.165, 1.54) is 11.3 Å². The summed E-state index contributed by atoms with van der Waals surface area (Å²) in [5.41, 5.74) is 0.746. The van der Waals surface area contributed by atoms with E-state index in [0.29, 0.717) is 6.54 Å². The number of carbonyl (C=O) groups is 1. The van der Waals surface area contributed by atoms with Crippen LogP contribution < -0.4 is 0 Å². The van der Waals surface area contributed by atoms with Crippen LogP contribution in [0.2, 0.25) is 0 Å². The smallest absolute Gasteiger partial charge is 0.254 e. The normalized spacial score (nSPS) is 21.1. The Morgan fingerprint density at radius 3 is 3.12 bits per heavy atom. The number of nitrogens with zero attached hydrogens (tertiary/aromatic N) is 1. The summed E-state index contributed by atoms with van der Waals surface area (Å²) in [6.07, 6.45) is 2.01. The summed E-state index contributed by atoms with van der Waals surface area (Å²) in [5.74, 6) is 0.333. The first-order chi connectivity index (χ1) is 7.70. The fraction of sp³-hybridized carbons (Fsp3) is 0.545. The van der Waals surface area contributed by atoms with Gasteiger partial charge in [-0.15, -0.1) is 11.3 Å². The number of aliphatic hydroxyl groups excluding tert-OH is 1. The zero-order valence-electron chi connectivity index (χ0n) is 8.86. The second-order valence-corrected chi connectivity index (χ2v) is 6.37. The molecule has 1 aliphatic rings. The van der Waals surface area contributed by atoms with Crippen molar-refractivity contribution in [1.29, 1.82) is 0 Å². The average Bonchev–Trinajstić information content (AvgIpc) is 2.75. The van der Waals surface area contributed by atoms with E-state index >= 15 is 0 Å². The number of halogens is 1. The lowest BCUT2D eigenvalue weighted by molar-refractivity contribution is 0.0621. The van der Waals surface area contributed by atoms with Crippen LogP contribution in [0.15, 0.2) is 15.2 Å². The summed E-state index contributed by atoms with van der Waals surface area (Å²) in [6.45, 7) is 1.67. The molecule has 1 N–H and O–H groups in total. The lowest BCUT2D eigenvalue weighted by atomic mass is 9.98. The maximum absolute atomic E-state index is 12.1. The van der Waals surface area contributed by atoms with Crippen LogP contribution in [0.3, 0.4) is 0 Å². The molecule has 1 aliphatic heterocycles. The Morgan fingerprint density at radius 1 is 1.69 bits per heavy atom. The molecule has 2 heterocycles. The topological polar surface area (TPSA) is 40.5 Å². The largest absolute Gasteiger partial charge is 0.396 e. The molecule has 5 heteroatoms. The number of carbonyl (C=O) groups excluding carboxylic acids is 1. The number of hydrogen-bond acceptors (Lipinski definition) is 3. The maximum atomic E-state index is 12.1. The van der Waals surface area contributed by atoms with Gasteiger partial charge >= 0.3 is 0 Å². The van der Waals surface area contributed by atoms with E-state index in [1.807, 2.05) is 16.3 Å². The highest BCUT2D eigenvalue weighted by Crippen LogP contribution is 2.24. The van der Waals surface area contributed by atoms with Crippen LogP contribution in [-0.4, -0.2) is 35.6 Å². The van der Waals surface area contributed by atoms with Gasteiger partial charge < -0.3 is 10.0 Å². The monoisotopic (exact) mass is 303 g/mol. The van der Waals surface area contributed by atoms with Gasteiger partial charge in [-0.3, -0.25) is 4.79 Å². The molecule has 1 aromatic rings. The van der Waals surface area contributed by atoms with E-state index in [9.17, 15) is 4.79 Å². The fourth-order valence-corrected chi connectivity index (χ4v) is 3.13. The van der Waals surface area contributed by atoms with Gasteiger partial charge in [0.15, 0.2) is 0 Å². The SMILES string of the molecule is O=C(c1csc(Br)c1)N1CCCC(CO)C1. The van der Waals surface area contributed by atoms with E-state index in [1.54, 1.807) is 0 Å². The van der Waals surface area contributed by atoms with Gasteiger partial charge in [0.1, 0.15) is 0 Å². The van der Waals surface area contributed by atoms with Crippen LogP contribution in [0.5, 0.6) is 0 Å². The minimum absolute atomic E-state index is 0.0834. The number of rotatable bonds is 2. The second-order valence-electron chi connectivity index (χ2n) is 4.08. The van der Waals surface area contributed by atoms with Gasteiger partial charge in [-0.1, -0.05) is 0 Å². The molecule has 16 heavy (non-hydrogen) atoms. The highest BCUT2D eigenvalue weighted by Gasteiger charge is 2.24. The number of aliphatic hydroxyl groups is 1. The first-order valence-electron chi connectivity index (χ1n) is 5.35. The number of likely N-dealkylation sites (tertiary alicyclic amines) is 1. The minimum Gasteiger partial charge on any atom is -0.396 e. The summed E-state index contributed by atoms with van der Waals surface area (Å²) in [5, 5.41) is 11.0. The van der Waals surface area contributed by atoms with Crippen LogP contribution in [0.25, 0.3) is 0 Å². The van der Waals surface area contributed by atoms with Crippen LogP contribution >= 0.6 is 27.3 Å². The van der Waals surface area contributed by atoms with Gasteiger partial charge in [-0.25, -0.2) is 0 Å². The maximum Gasteiger partial charge on any atom is 0.254 e. The third-order valence-electron chi connectivity index (χ3n) is 2.88. The molecular formula is C11H14BrNO2S. The Kier molecular flexibility index (Phi) is 4.00. The number of piperidine rings is 1. The van der Waals surface area contributed by atoms with Crippen LogP contribution in [0.4, 0.5) is 0 Å². The lowest BCUT2D eigenvalue weighted by Gasteiger charge is -2.31. The minimum atomic E-state index is 0.0834. The van der Waals surface area contributed by atoms with Crippen molar-refractivity contribution in [2.75, 3.05) is 19.7 Å². The fourth-order valence-electron chi connectivity index (χ4n) is 2.00. The van der Waals surface area contributed by atoms with E-state index in [4.69, 9.17) is 5.11 Å². The zero-order chi connectivity index (χ0) is 11.5. The Balaban J connectivity index is 2.04. The third kappa shape index (κ3) is 2.64. The summed E-state index contributed by atoms with van der Waals surface area (Å²) < 4.78 is 0.978. The van der Waals surface area contributed by atoms with Crippen molar-refractivity contribution < 1.29 is 9.90 Å². The predicted octanol–water partition coefficient (Wildman–Crippen LogP) is 2.36.